The number of methoxy groups -OCH3 is 1. The van der Waals surface area contributed by atoms with Gasteiger partial charge in [-0.15, -0.1) is 0 Å². The zero-order chi connectivity index (χ0) is 8.27. The minimum Gasteiger partial charge on any atom is -0.468 e. The Hall–Kier alpha value is -0.610. The molecule has 0 aromatic carbocycles. The molecule has 2 unspecified atom stereocenters. The first-order valence-electron chi connectivity index (χ1n) is 3.75. The van der Waals surface area contributed by atoms with Gasteiger partial charge in [0.15, 0.2) is 0 Å². The quantitative estimate of drug-likeness (QED) is 0.495. The molecule has 0 radical (unpaired) electrons. The van der Waals surface area contributed by atoms with Gasteiger partial charge >= 0.3 is 5.97 Å². The van der Waals surface area contributed by atoms with Crippen molar-refractivity contribution in [1.29, 1.82) is 0 Å². The van der Waals surface area contributed by atoms with Gasteiger partial charge in [-0.3, -0.25) is 4.79 Å². The minimum atomic E-state index is -0.587. The van der Waals surface area contributed by atoms with Crippen molar-refractivity contribution in [2.75, 3.05) is 13.7 Å². The van der Waals surface area contributed by atoms with E-state index < -0.39 is 12.1 Å². The van der Waals surface area contributed by atoms with E-state index >= 15 is 0 Å². The monoisotopic (exact) mass is 159 g/mol. The Labute approximate surface area is 65.5 Å². The first kappa shape index (κ1) is 8.49. The second kappa shape index (κ2) is 3.69. The Morgan fingerprint density at radius 1 is 1.73 bits per heavy atom. The van der Waals surface area contributed by atoms with Crippen molar-refractivity contribution in [1.82, 2.24) is 5.32 Å². The van der Waals surface area contributed by atoms with Crippen LogP contribution in [0.2, 0.25) is 0 Å². The summed E-state index contributed by atoms with van der Waals surface area (Å²) >= 11 is 0. The number of esters is 1. The zero-order valence-corrected chi connectivity index (χ0v) is 6.54. The summed E-state index contributed by atoms with van der Waals surface area (Å²) in [5, 5.41) is 12.2. The average Bonchev–Trinajstić information content (AvgIpc) is 2.04. The lowest BCUT2D eigenvalue weighted by molar-refractivity contribution is -0.147. The highest BCUT2D eigenvalue weighted by molar-refractivity contribution is 5.76. The third-order valence-corrected chi connectivity index (χ3v) is 1.88. The largest absolute Gasteiger partial charge is 0.468 e. The molecule has 0 bridgehead atoms. The lowest BCUT2D eigenvalue weighted by Crippen LogP contribution is -2.50. The fourth-order valence-corrected chi connectivity index (χ4v) is 1.24. The summed E-state index contributed by atoms with van der Waals surface area (Å²) in [4.78, 5) is 10.9. The molecule has 4 nitrogen and oxygen atoms in total. The van der Waals surface area contributed by atoms with Crippen molar-refractivity contribution in [2.24, 2.45) is 0 Å². The average molecular weight is 159 g/mol. The molecule has 0 aliphatic carbocycles. The Bertz CT molecular complexity index is 149. The van der Waals surface area contributed by atoms with Gasteiger partial charge in [0.2, 0.25) is 0 Å². The molecule has 1 heterocycles. The standard InChI is InChI=1S/C7H13NO3/c1-11-7(10)6-5(9)3-2-4-8-6/h5-6,8-9H,2-4H2,1H3. The number of aliphatic hydroxyl groups excluding tert-OH is 1. The number of aliphatic hydroxyl groups is 1. The van der Waals surface area contributed by atoms with Gasteiger partial charge in [-0.05, 0) is 19.4 Å². The van der Waals surface area contributed by atoms with Crippen LogP contribution in [-0.4, -0.2) is 36.9 Å². The topological polar surface area (TPSA) is 58.6 Å². The Morgan fingerprint density at radius 3 is 3.00 bits per heavy atom. The van der Waals surface area contributed by atoms with E-state index in [0.717, 1.165) is 13.0 Å². The van der Waals surface area contributed by atoms with Gasteiger partial charge in [0.05, 0.1) is 13.2 Å². The SMILES string of the molecule is COC(=O)C1NCCCC1O. The van der Waals surface area contributed by atoms with Gasteiger partial charge in [0, 0.05) is 0 Å². The van der Waals surface area contributed by atoms with E-state index in [9.17, 15) is 9.90 Å². The van der Waals surface area contributed by atoms with Crippen molar-refractivity contribution in [2.45, 2.75) is 25.0 Å². The number of hydrogen-bond acceptors (Lipinski definition) is 4. The number of ether oxygens (including phenoxy) is 1. The van der Waals surface area contributed by atoms with Crippen LogP contribution in [0, 0.1) is 0 Å². The van der Waals surface area contributed by atoms with Gasteiger partial charge in [-0.2, -0.15) is 0 Å². The van der Waals surface area contributed by atoms with Crippen LogP contribution in [0.5, 0.6) is 0 Å². The predicted molar refractivity (Wildman–Crippen MR) is 39.0 cm³/mol. The highest BCUT2D eigenvalue weighted by atomic mass is 16.5. The fraction of sp³-hybridized carbons (Fsp3) is 0.857. The second-order valence-electron chi connectivity index (χ2n) is 2.66. The molecule has 64 valence electrons. The summed E-state index contributed by atoms with van der Waals surface area (Å²) in [6.07, 6.45) is 0.998. The Kier molecular flexibility index (Phi) is 2.84. The van der Waals surface area contributed by atoms with Crippen molar-refractivity contribution in [3.05, 3.63) is 0 Å². The molecule has 0 spiro atoms. The Balaban J connectivity index is 2.47. The summed E-state index contributed by atoms with van der Waals surface area (Å²) in [6.45, 7) is 0.775. The maximum Gasteiger partial charge on any atom is 0.325 e. The van der Waals surface area contributed by atoms with Crippen LogP contribution in [0.4, 0.5) is 0 Å². The van der Waals surface area contributed by atoms with Gasteiger partial charge in [-0.25, -0.2) is 0 Å². The predicted octanol–water partition coefficient (Wildman–Crippen LogP) is -0.728. The van der Waals surface area contributed by atoms with Crippen LogP contribution in [0.1, 0.15) is 12.8 Å². The molecule has 1 saturated heterocycles. The summed E-state index contributed by atoms with van der Waals surface area (Å²) in [7, 11) is 1.32. The van der Waals surface area contributed by atoms with Crippen LogP contribution in [0.3, 0.4) is 0 Å². The normalized spacial score (nSPS) is 31.5. The first-order chi connectivity index (χ1) is 5.25. The van der Waals surface area contributed by atoms with Crippen molar-refractivity contribution >= 4 is 5.97 Å². The summed E-state index contributed by atoms with van der Waals surface area (Å²) < 4.78 is 4.50. The number of nitrogens with one attached hydrogen (secondary N) is 1. The number of rotatable bonds is 1. The fourth-order valence-electron chi connectivity index (χ4n) is 1.24. The molecular weight excluding hydrogens is 146 g/mol. The van der Waals surface area contributed by atoms with E-state index in [1.165, 1.54) is 7.11 Å². The van der Waals surface area contributed by atoms with Crippen LogP contribution < -0.4 is 5.32 Å². The third-order valence-electron chi connectivity index (χ3n) is 1.88. The molecule has 1 aliphatic heterocycles. The Morgan fingerprint density at radius 2 is 2.45 bits per heavy atom. The van der Waals surface area contributed by atoms with Crippen LogP contribution in [-0.2, 0) is 9.53 Å². The molecule has 2 atom stereocenters. The molecule has 4 heteroatoms. The van der Waals surface area contributed by atoms with Gasteiger partial charge < -0.3 is 15.2 Å². The van der Waals surface area contributed by atoms with E-state index in [2.05, 4.69) is 10.1 Å². The molecular formula is C7H13NO3. The number of hydrogen-bond donors (Lipinski definition) is 2. The first-order valence-corrected chi connectivity index (χ1v) is 3.75. The van der Waals surface area contributed by atoms with E-state index in [0.29, 0.717) is 6.42 Å². The maximum absolute atomic E-state index is 10.9. The van der Waals surface area contributed by atoms with Gasteiger partial charge in [0.25, 0.3) is 0 Å². The molecule has 1 aliphatic rings. The molecule has 0 saturated carbocycles. The minimum absolute atomic E-state index is 0.378. The van der Waals surface area contributed by atoms with Crippen LogP contribution >= 0.6 is 0 Å². The lowest BCUT2D eigenvalue weighted by Gasteiger charge is -2.26. The van der Waals surface area contributed by atoms with Crippen LogP contribution in [0.25, 0.3) is 0 Å². The molecule has 0 aromatic rings. The van der Waals surface area contributed by atoms with Crippen molar-refractivity contribution in [3.8, 4) is 0 Å². The third kappa shape index (κ3) is 1.91. The van der Waals surface area contributed by atoms with Gasteiger partial charge in [0.1, 0.15) is 6.04 Å². The van der Waals surface area contributed by atoms with Gasteiger partial charge in [-0.1, -0.05) is 0 Å². The number of carbonyl (C=O) groups excluding carboxylic acids is 1. The summed E-state index contributed by atoms with van der Waals surface area (Å²) in [5.74, 6) is -0.378. The van der Waals surface area contributed by atoms with Crippen molar-refractivity contribution in [3.63, 3.8) is 0 Å². The summed E-state index contributed by atoms with van der Waals surface area (Å²) in [5.41, 5.74) is 0. The van der Waals surface area contributed by atoms with E-state index in [1.807, 2.05) is 0 Å². The number of piperidine rings is 1. The van der Waals surface area contributed by atoms with E-state index in [-0.39, 0.29) is 5.97 Å². The zero-order valence-electron chi connectivity index (χ0n) is 6.54. The molecule has 0 amide bonds. The molecule has 11 heavy (non-hydrogen) atoms. The smallest absolute Gasteiger partial charge is 0.325 e. The molecule has 2 N–H and O–H groups in total. The molecule has 1 fully saturated rings. The van der Waals surface area contributed by atoms with E-state index in [4.69, 9.17) is 0 Å². The summed E-state index contributed by atoms with van der Waals surface area (Å²) in [6, 6.07) is -0.520. The van der Waals surface area contributed by atoms with Crippen molar-refractivity contribution < 1.29 is 14.6 Å². The molecule has 0 aromatic heterocycles. The number of carbonyl (C=O) groups is 1. The highest BCUT2D eigenvalue weighted by Gasteiger charge is 2.29. The van der Waals surface area contributed by atoms with E-state index in [1.54, 1.807) is 0 Å². The van der Waals surface area contributed by atoms with Crippen LogP contribution in [0.15, 0.2) is 0 Å². The highest BCUT2D eigenvalue weighted by Crippen LogP contribution is 2.08. The second-order valence-corrected chi connectivity index (χ2v) is 2.66. The lowest BCUT2D eigenvalue weighted by atomic mass is 10.0. The molecule has 1 rings (SSSR count). The maximum atomic E-state index is 10.9.